The topological polar surface area (TPSA) is 105 Å². The normalized spacial score (nSPS) is 14.6. The lowest BCUT2D eigenvalue weighted by atomic mass is 9.94. The first-order chi connectivity index (χ1) is 16.9. The number of nitrogens with zero attached hydrogens (tertiary/aromatic N) is 1. The fourth-order valence-electron chi connectivity index (χ4n) is 4.29. The Kier molecular flexibility index (Phi) is 9.84. The van der Waals surface area contributed by atoms with E-state index in [1.54, 1.807) is 36.6 Å². The molecule has 0 radical (unpaired) electrons. The smallest absolute Gasteiger partial charge is 0.325 e. The van der Waals surface area contributed by atoms with E-state index in [0.717, 1.165) is 37.7 Å². The van der Waals surface area contributed by atoms with Crippen LogP contribution < -0.4 is 10.6 Å². The highest BCUT2D eigenvalue weighted by molar-refractivity contribution is 7.12. The Morgan fingerprint density at radius 3 is 2.49 bits per heavy atom. The van der Waals surface area contributed by atoms with Gasteiger partial charge in [0.2, 0.25) is 11.8 Å². The Morgan fingerprint density at radius 2 is 1.83 bits per heavy atom. The lowest BCUT2D eigenvalue weighted by Crippen LogP contribution is -2.51. The van der Waals surface area contributed by atoms with Crippen LogP contribution in [0.3, 0.4) is 0 Å². The molecule has 1 saturated carbocycles. The van der Waals surface area contributed by atoms with Gasteiger partial charge in [0.1, 0.15) is 12.6 Å². The molecule has 1 atom stereocenters. The lowest BCUT2D eigenvalue weighted by Gasteiger charge is -2.33. The van der Waals surface area contributed by atoms with Crippen LogP contribution in [0.1, 0.15) is 65.9 Å². The minimum atomic E-state index is -1.03. The zero-order valence-electron chi connectivity index (χ0n) is 20.2. The van der Waals surface area contributed by atoms with E-state index < -0.39 is 24.5 Å². The second-order valence-corrected chi connectivity index (χ2v) is 9.54. The van der Waals surface area contributed by atoms with Gasteiger partial charge in [0.15, 0.2) is 0 Å². The SMILES string of the molecule is CCOC(=O)CN(C(=O)CNC(=O)c1cccs1)[C@@H](C(=O)NC1CCCCC1)c1ccccc1C. The van der Waals surface area contributed by atoms with Crippen molar-refractivity contribution in [3.63, 3.8) is 0 Å². The number of carbonyl (C=O) groups excluding carboxylic acids is 4. The van der Waals surface area contributed by atoms with Crippen molar-refractivity contribution < 1.29 is 23.9 Å². The highest BCUT2D eigenvalue weighted by Gasteiger charge is 2.35. The van der Waals surface area contributed by atoms with Crippen molar-refractivity contribution >= 4 is 35.0 Å². The van der Waals surface area contributed by atoms with Gasteiger partial charge in [-0.2, -0.15) is 0 Å². The number of thiophene rings is 1. The number of hydrogen-bond donors (Lipinski definition) is 2. The number of ether oxygens (including phenoxy) is 1. The summed E-state index contributed by atoms with van der Waals surface area (Å²) in [6.07, 6.45) is 5.00. The molecule has 35 heavy (non-hydrogen) atoms. The van der Waals surface area contributed by atoms with Crippen molar-refractivity contribution in [1.29, 1.82) is 0 Å². The lowest BCUT2D eigenvalue weighted by molar-refractivity contribution is -0.152. The molecule has 0 bridgehead atoms. The maximum Gasteiger partial charge on any atom is 0.325 e. The molecule has 1 aromatic heterocycles. The van der Waals surface area contributed by atoms with Gasteiger partial charge in [-0.05, 0) is 49.3 Å². The first-order valence-electron chi connectivity index (χ1n) is 12.0. The van der Waals surface area contributed by atoms with E-state index in [-0.39, 0.29) is 31.0 Å². The Bertz CT molecular complexity index is 1020. The van der Waals surface area contributed by atoms with E-state index in [9.17, 15) is 19.2 Å². The second kappa shape index (κ2) is 13.0. The minimum Gasteiger partial charge on any atom is -0.465 e. The van der Waals surface area contributed by atoms with Crippen LogP contribution in [-0.2, 0) is 19.1 Å². The third-order valence-electron chi connectivity index (χ3n) is 6.06. The van der Waals surface area contributed by atoms with E-state index in [2.05, 4.69) is 10.6 Å². The van der Waals surface area contributed by atoms with Crippen molar-refractivity contribution in [2.24, 2.45) is 0 Å². The highest BCUT2D eigenvalue weighted by Crippen LogP contribution is 2.26. The number of benzene rings is 1. The summed E-state index contributed by atoms with van der Waals surface area (Å²) in [5, 5.41) is 7.48. The van der Waals surface area contributed by atoms with Crippen LogP contribution in [0.2, 0.25) is 0 Å². The van der Waals surface area contributed by atoms with Crippen molar-refractivity contribution in [3.8, 4) is 0 Å². The van der Waals surface area contributed by atoms with Crippen molar-refractivity contribution in [3.05, 3.63) is 57.8 Å². The van der Waals surface area contributed by atoms with Crippen LogP contribution in [0.15, 0.2) is 41.8 Å². The van der Waals surface area contributed by atoms with Gasteiger partial charge < -0.3 is 20.3 Å². The average molecular weight is 500 g/mol. The molecule has 1 aromatic carbocycles. The zero-order valence-corrected chi connectivity index (χ0v) is 21.1. The van der Waals surface area contributed by atoms with Crippen molar-refractivity contribution in [1.82, 2.24) is 15.5 Å². The molecule has 2 aromatic rings. The Balaban J connectivity index is 1.88. The van der Waals surface area contributed by atoms with Gasteiger partial charge >= 0.3 is 5.97 Å². The van der Waals surface area contributed by atoms with Crippen LogP contribution in [0.5, 0.6) is 0 Å². The average Bonchev–Trinajstić information content (AvgIpc) is 3.39. The highest BCUT2D eigenvalue weighted by atomic mass is 32.1. The summed E-state index contributed by atoms with van der Waals surface area (Å²) in [6.45, 7) is 2.94. The third kappa shape index (κ3) is 7.39. The quantitative estimate of drug-likeness (QED) is 0.488. The Morgan fingerprint density at radius 1 is 1.09 bits per heavy atom. The fourth-order valence-corrected chi connectivity index (χ4v) is 4.93. The minimum absolute atomic E-state index is 0.0286. The number of esters is 1. The number of aryl methyl sites for hydroxylation is 1. The molecule has 2 N–H and O–H groups in total. The molecule has 1 aliphatic carbocycles. The van der Waals surface area contributed by atoms with E-state index in [1.165, 1.54) is 16.2 Å². The van der Waals surface area contributed by atoms with Gasteiger partial charge in [0, 0.05) is 6.04 Å². The predicted octanol–water partition coefficient (Wildman–Crippen LogP) is 3.37. The zero-order chi connectivity index (χ0) is 25.2. The van der Waals surface area contributed by atoms with Gasteiger partial charge in [0.25, 0.3) is 5.91 Å². The molecule has 3 amide bonds. The Hall–Kier alpha value is -3.20. The van der Waals surface area contributed by atoms with Gasteiger partial charge in [-0.25, -0.2) is 0 Å². The number of hydrogen-bond acceptors (Lipinski definition) is 6. The molecule has 1 fully saturated rings. The molecule has 0 aliphatic heterocycles. The molecular formula is C26H33N3O5S. The van der Waals surface area contributed by atoms with Crippen molar-refractivity contribution in [2.45, 2.75) is 58.0 Å². The first kappa shape index (κ1) is 26.4. The second-order valence-electron chi connectivity index (χ2n) is 8.59. The van der Waals surface area contributed by atoms with Crippen molar-refractivity contribution in [2.75, 3.05) is 19.7 Å². The predicted molar refractivity (Wildman–Crippen MR) is 134 cm³/mol. The van der Waals surface area contributed by atoms with E-state index >= 15 is 0 Å². The molecule has 0 spiro atoms. The molecule has 0 saturated heterocycles. The van der Waals surface area contributed by atoms with Crippen LogP contribution in [0.25, 0.3) is 0 Å². The van der Waals surface area contributed by atoms with E-state index in [4.69, 9.17) is 4.74 Å². The maximum absolute atomic E-state index is 13.6. The molecule has 9 heteroatoms. The summed E-state index contributed by atoms with van der Waals surface area (Å²) in [6, 6.07) is 9.71. The summed E-state index contributed by atoms with van der Waals surface area (Å²) in [5.41, 5.74) is 1.45. The molecule has 0 unspecified atom stereocenters. The molecule has 1 heterocycles. The summed E-state index contributed by atoms with van der Waals surface area (Å²) in [5.74, 6) is -1.89. The number of nitrogens with one attached hydrogen (secondary N) is 2. The Labute approximate surface area is 210 Å². The number of carbonyl (C=O) groups is 4. The largest absolute Gasteiger partial charge is 0.465 e. The maximum atomic E-state index is 13.6. The molecule has 8 nitrogen and oxygen atoms in total. The summed E-state index contributed by atoms with van der Waals surface area (Å²) < 4.78 is 5.10. The standard InChI is InChI=1S/C26H33N3O5S/c1-3-34-23(31)17-29(22(30)16-27-25(32)21-14-9-15-35-21)24(20-13-8-7-10-18(20)2)26(33)28-19-11-5-4-6-12-19/h7-10,13-15,19,24H,3-6,11-12,16-17H2,1-2H3,(H,27,32)(H,28,33)/t24-/m1/s1. The molecule has 188 valence electrons. The summed E-state index contributed by atoms with van der Waals surface area (Å²) in [7, 11) is 0. The van der Waals surface area contributed by atoms with E-state index in [1.807, 2.05) is 19.1 Å². The molecule has 3 rings (SSSR count). The number of amides is 3. The first-order valence-corrected chi connectivity index (χ1v) is 12.9. The monoisotopic (exact) mass is 499 g/mol. The van der Waals surface area contributed by atoms with Gasteiger partial charge in [0.05, 0.1) is 18.0 Å². The summed E-state index contributed by atoms with van der Waals surface area (Å²) in [4.78, 5) is 53.6. The number of rotatable bonds is 10. The van der Waals surface area contributed by atoms with Crippen LogP contribution in [0.4, 0.5) is 0 Å². The molecular weight excluding hydrogens is 466 g/mol. The van der Waals surface area contributed by atoms with Gasteiger partial charge in [-0.15, -0.1) is 11.3 Å². The van der Waals surface area contributed by atoms with Gasteiger partial charge in [-0.3, -0.25) is 19.2 Å². The molecule has 1 aliphatic rings. The third-order valence-corrected chi connectivity index (χ3v) is 6.93. The van der Waals surface area contributed by atoms with Crippen LogP contribution in [0, 0.1) is 6.92 Å². The van der Waals surface area contributed by atoms with Crippen LogP contribution >= 0.6 is 11.3 Å². The fraction of sp³-hybridized carbons (Fsp3) is 0.462. The summed E-state index contributed by atoms with van der Waals surface area (Å²) >= 11 is 1.26. The van der Waals surface area contributed by atoms with Gasteiger partial charge in [-0.1, -0.05) is 49.6 Å². The van der Waals surface area contributed by atoms with Crippen LogP contribution in [-0.4, -0.2) is 54.3 Å². The van der Waals surface area contributed by atoms with E-state index in [0.29, 0.717) is 10.4 Å².